The van der Waals surface area contributed by atoms with Gasteiger partial charge in [0.05, 0.1) is 36.3 Å². The number of hydrogen-bond donors (Lipinski definition) is 1. The van der Waals surface area contributed by atoms with Crippen LogP contribution < -0.4 is 9.21 Å². The molecule has 2 aliphatic heterocycles. The van der Waals surface area contributed by atoms with Gasteiger partial charge < -0.3 is 14.7 Å². The quantitative estimate of drug-likeness (QED) is 0.864. The Balaban J connectivity index is 1.71. The molecule has 0 aliphatic carbocycles. The molecule has 4 rings (SSSR count). The van der Waals surface area contributed by atoms with E-state index in [1.54, 1.807) is 30.3 Å². The summed E-state index contributed by atoms with van der Waals surface area (Å²) in [5.41, 5.74) is 1.98. The third-order valence-electron chi connectivity index (χ3n) is 4.95. The summed E-state index contributed by atoms with van der Waals surface area (Å²) in [7, 11) is -3.80. The summed E-state index contributed by atoms with van der Waals surface area (Å²) in [6.45, 7) is 2.90. The van der Waals surface area contributed by atoms with E-state index in [0.717, 1.165) is 18.8 Å². The molecule has 1 N–H and O–H groups in total. The summed E-state index contributed by atoms with van der Waals surface area (Å²) in [5.74, 6) is -1.04. The Kier molecular flexibility index (Phi) is 4.53. The minimum absolute atomic E-state index is 0.175. The summed E-state index contributed by atoms with van der Waals surface area (Å²) >= 11 is 0. The summed E-state index contributed by atoms with van der Waals surface area (Å²) in [6, 6.07) is 13.1. The maximum Gasteiger partial charge on any atom is 0.305 e. The molecule has 0 bridgehead atoms. The highest BCUT2D eigenvalue weighted by Gasteiger charge is 2.43. The Morgan fingerprint density at radius 3 is 2.33 bits per heavy atom. The number of hydrogen-bond acceptors (Lipinski definition) is 5. The van der Waals surface area contributed by atoms with Crippen molar-refractivity contribution < 1.29 is 23.1 Å². The zero-order valence-corrected chi connectivity index (χ0v) is 15.4. The molecule has 1 fully saturated rings. The van der Waals surface area contributed by atoms with E-state index in [0.29, 0.717) is 24.5 Å². The first kappa shape index (κ1) is 17.8. The summed E-state index contributed by atoms with van der Waals surface area (Å²) < 4.78 is 32.7. The molecule has 1 unspecified atom stereocenters. The van der Waals surface area contributed by atoms with Crippen LogP contribution in [-0.2, 0) is 19.6 Å². The number of nitrogens with zero attached hydrogens (tertiary/aromatic N) is 2. The number of ether oxygens (including phenoxy) is 1. The zero-order chi connectivity index (χ0) is 19.0. The summed E-state index contributed by atoms with van der Waals surface area (Å²) in [6.07, 6.45) is -0.290. The highest BCUT2D eigenvalue weighted by molar-refractivity contribution is 7.93. The number of anilines is 2. The Morgan fingerprint density at radius 1 is 1.04 bits per heavy atom. The van der Waals surface area contributed by atoms with Gasteiger partial charge in [0, 0.05) is 18.8 Å². The van der Waals surface area contributed by atoms with Crippen LogP contribution in [-0.4, -0.2) is 45.8 Å². The van der Waals surface area contributed by atoms with Crippen molar-refractivity contribution in [2.45, 2.75) is 17.4 Å². The van der Waals surface area contributed by atoms with E-state index in [2.05, 4.69) is 4.90 Å². The molecule has 0 saturated carbocycles. The lowest BCUT2D eigenvalue weighted by molar-refractivity contribution is -0.137. The first-order valence-electron chi connectivity index (χ1n) is 8.76. The fourth-order valence-corrected chi connectivity index (χ4v) is 5.59. The molecule has 7 nitrogen and oxygen atoms in total. The predicted octanol–water partition coefficient (Wildman–Crippen LogP) is 2.25. The number of carboxylic acid groups (broad SMARTS) is 1. The van der Waals surface area contributed by atoms with Gasteiger partial charge in [-0.2, -0.15) is 0 Å². The molecule has 1 saturated heterocycles. The molecule has 2 heterocycles. The van der Waals surface area contributed by atoms with Gasteiger partial charge in [0.2, 0.25) is 0 Å². The molecule has 0 radical (unpaired) electrons. The SMILES string of the molecule is O=C(O)CC1c2ccccc2S(=O)(=O)N1c1ccc(N2CCOCC2)cc1. The monoisotopic (exact) mass is 388 g/mol. The van der Waals surface area contributed by atoms with Gasteiger partial charge in [0.25, 0.3) is 10.0 Å². The van der Waals surface area contributed by atoms with Crippen molar-refractivity contribution in [2.75, 3.05) is 35.5 Å². The molecule has 142 valence electrons. The summed E-state index contributed by atoms with van der Waals surface area (Å²) in [4.78, 5) is 13.7. The molecule has 27 heavy (non-hydrogen) atoms. The lowest BCUT2D eigenvalue weighted by Crippen LogP contribution is -2.36. The smallest absolute Gasteiger partial charge is 0.305 e. The first-order chi connectivity index (χ1) is 13.0. The number of sulfonamides is 1. The topological polar surface area (TPSA) is 87.1 Å². The molecule has 0 spiro atoms. The number of fused-ring (bicyclic) bond motifs is 1. The molecule has 8 heteroatoms. The van der Waals surface area contributed by atoms with E-state index in [1.165, 1.54) is 10.4 Å². The normalized spacial score (nSPS) is 21.1. The number of rotatable bonds is 4. The lowest BCUT2D eigenvalue weighted by atomic mass is 10.0. The minimum atomic E-state index is -3.80. The molecular formula is C19H20N2O5S. The van der Waals surface area contributed by atoms with Gasteiger partial charge in [0.1, 0.15) is 0 Å². The van der Waals surface area contributed by atoms with Crippen LogP contribution in [0.4, 0.5) is 11.4 Å². The van der Waals surface area contributed by atoms with Gasteiger partial charge in [-0.15, -0.1) is 0 Å². The molecule has 1 atom stereocenters. The van der Waals surface area contributed by atoms with Crippen molar-refractivity contribution in [3.63, 3.8) is 0 Å². The Labute approximate surface area is 157 Å². The fraction of sp³-hybridized carbons (Fsp3) is 0.316. The average Bonchev–Trinajstić information content (AvgIpc) is 2.89. The van der Waals surface area contributed by atoms with Crippen molar-refractivity contribution in [3.05, 3.63) is 54.1 Å². The van der Waals surface area contributed by atoms with E-state index < -0.39 is 22.0 Å². The van der Waals surface area contributed by atoms with Gasteiger partial charge in [-0.1, -0.05) is 18.2 Å². The van der Waals surface area contributed by atoms with E-state index in [1.807, 2.05) is 12.1 Å². The zero-order valence-electron chi connectivity index (χ0n) is 14.6. The number of carbonyl (C=O) groups is 1. The van der Waals surface area contributed by atoms with Crippen molar-refractivity contribution in [1.29, 1.82) is 0 Å². The second kappa shape index (κ2) is 6.86. The van der Waals surface area contributed by atoms with E-state index in [9.17, 15) is 18.3 Å². The molecule has 2 aliphatic rings. The van der Waals surface area contributed by atoms with Gasteiger partial charge in [-0.25, -0.2) is 8.42 Å². The second-order valence-corrected chi connectivity index (χ2v) is 8.35. The Hall–Kier alpha value is -2.58. The van der Waals surface area contributed by atoms with E-state index >= 15 is 0 Å². The van der Waals surface area contributed by atoms with Crippen LogP contribution in [0.1, 0.15) is 18.0 Å². The third kappa shape index (κ3) is 3.15. The van der Waals surface area contributed by atoms with E-state index in [-0.39, 0.29) is 11.3 Å². The van der Waals surface area contributed by atoms with Crippen molar-refractivity contribution in [3.8, 4) is 0 Å². The number of benzene rings is 2. The fourth-order valence-electron chi connectivity index (χ4n) is 3.70. The van der Waals surface area contributed by atoms with Gasteiger partial charge >= 0.3 is 5.97 Å². The van der Waals surface area contributed by atoms with E-state index in [4.69, 9.17) is 4.74 Å². The number of carboxylic acids is 1. The molecule has 0 amide bonds. The maximum absolute atomic E-state index is 13.1. The van der Waals surface area contributed by atoms with Gasteiger partial charge in [0.15, 0.2) is 0 Å². The van der Waals surface area contributed by atoms with Gasteiger partial charge in [-0.3, -0.25) is 9.10 Å². The molecule has 2 aromatic rings. The van der Waals surface area contributed by atoms with Crippen LogP contribution >= 0.6 is 0 Å². The molecule has 2 aromatic carbocycles. The average molecular weight is 388 g/mol. The first-order valence-corrected chi connectivity index (χ1v) is 10.2. The predicted molar refractivity (Wildman–Crippen MR) is 101 cm³/mol. The Bertz CT molecular complexity index is 952. The molecule has 0 aromatic heterocycles. The molecular weight excluding hydrogens is 368 g/mol. The van der Waals surface area contributed by atoms with Crippen molar-refractivity contribution >= 4 is 27.4 Å². The van der Waals surface area contributed by atoms with Crippen LogP contribution in [0.5, 0.6) is 0 Å². The second-order valence-electron chi connectivity index (χ2n) is 6.57. The van der Waals surface area contributed by atoms with Crippen LogP contribution in [0.15, 0.2) is 53.4 Å². The minimum Gasteiger partial charge on any atom is -0.481 e. The van der Waals surface area contributed by atoms with Crippen LogP contribution in [0.2, 0.25) is 0 Å². The van der Waals surface area contributed by atoms with Crippen molar-refractivity contribution in [1.82, 2.24) is 0 Å². The van der Waals surface area contributed by atoms with Gasteiger partial charge in [-0.05, 0) is 35.9 Å². The largest absolute Gasteiger partial charge is 0.481 e. The van der Waals surface area contributed by atoms with Crippen molar-refractivity contribution in [2.24, 2.45) is 0 Å². The standard InChI is InChI=1S/C19H20N2O5S/c22-19(23)13-17-16-3-1-2-4-18(16)27(24,25)21(17)15-7-5-14(6-8-15)20-9-11-26-12-10-20/h1-8,17H,9-13H2,(H,22,23). The third-order valence-corrected chi connectivity index (χ3v) is 6.86. The lowest BCUT2D eigenvalue weighted by Gasteiger charge is -2.30. The van der Waals surface area contributed by atoms with Crippen LogP contribution in [0.3, 0.4) is 0 Å². The Morgan fingerprint density at radius 2 is 1.67 bits per heavy atom. The highest BCUT2D eigenvalue weighted by Crippen LogP contribution is 2.44. The van der Waals surface area contributed by atoms with Crippen LogP contribution in [0.25, 0.3) is 0 Å². The number of aliphatic carboxylic acids is 1. The van der Waals surface area contributed by atoms with Crippen LogP contribution in [0, 0.1) is 0 Å². The number of morpholine rings is 1. The summed E-state index contributed by atoms with van der Waals surface area (Å²) in [5, 5.41) is 9.31. The highest BCUT2D eigenvalue weighted by atomic mass is 32.2. The maximum atomic E-state index is 13.1.